The van der Waals surface area contributed by atoms with Crippen molar-refractivity contribution in [3.8, 4) is 0 Å². The van der Waals surface area contributed by atoms with E-state index in [2.05, 4.69) is 17.2 Å². The topological polar surface area (TPSA) is 54.5 Å². The number of hydrogen-bond donors (Lipinski definition) is 1. The molecule has 1 saturated heterocycles. The molecule has 1 aromatic heterocycles. The fourth-order valence-electron chi connectivity index (χ4n) is 2.98. The molecule has 2 unspecified atom stereocenters. The van der Waals surface area contributed by atoms with Gasteiger partial charge in [0.15, 0.2) is 0 Å². The highest BCUT2D eigenvalue weighted by molar-refractivity contribution is 7.09. The van der Waals surface area contributed by atoms with Gasteiger partial charge in [0, 0.05) is 23.5 Å². The van der Waals surface area contributed by atoms with Gasteiger partial charge in [-0.05, 0) is 60.4 Å². The van der Waals surface area contributed by atoms with Crippen molar-refractivity contribution in [2.24, 2.45) is 0 Å². The van der Waals surface area contributed by atoms with Crippen molar-refractivity contribution in [1.82, 2.24) is 15.2 Å². The second-order valence-electron chi connectivity index (χ2n) is 7.24. The van der Waals surface area contributed by atoms with Gasteiger partial charge in [-0.3, -0.25) is 0 Å². The molecule has 1 aromatic rings. The van der Waals surface area contributed by atoms with Gasteiger partial charge in [-0.1, -0.05) is 0 Å². The minimum atomic E-state index is -0.430. The predicted molar refractivity (Wildman–Crippen MR) is 93.8 cm³/mol. The summed E-state index contributed by atoms with van der Waals surface area (Å²) in [5.41, 5.74) is 2.57. The van der Waals surface area contributed by atoms with Crippen LogP contribution < -0.4 is 5.32 Å². The number of carbonyl (C=O) groups is 1. The van der Waals surface area contributed by atoms with Crippen molar-refractivity contribution >= 4 is 17.4 Å². The van der Waals surface area contributed by atoms with Crippen LogP contribution in [-0.4, -0.2) is 40.7 Å². The van der Waals surface area contributed by atoms with Crippen LogP contribution in [0.2, 0.25) is 0 Å². The van der Waals surface area contributed by atoms with E-state index in [0.29, 0.717) is 6.04 Å². The van der Waals surface area contributed by atoms with Crippen molar-refractivity contribution in [1.29, 1.82) is 0 Å². The normalized spacial score (nSPS) is 19.9. The Labute approximate surface area is 143 Å². The largest absolute Gasteiger partial charge is 0.444 e. The molecule has 1 fully saturated rings. The average Bonchev–Trinajstić information content (AvgIpc) is 3.05. The minimum absolute atomic E-state index is 0.175. The number of ether oxygens (including phenoxy) is 1. The van der Waals surface area contributed by atoms with Gasteiger partial charge in [0.25, 0.3) is 0 Å². The summed E-state index contributed by atoms with van der Waals surface area (Å²) in [6.07, 6.45) is 2.91. The molecule has 2 heterocycles. The third-order valence-corrected chi connectivity index (χ3v) is 5.22. The summed E-state index contributed by atoms with van der Waals surface area (Å²) >= 11 is 1.69. The molecule has 0 spiro atoms. The number of likely N-dealkylation sites (tertiary alicyclic amines) is 1. The maximum absolute atomic E-state index is 12.3. The molecule has 1 N–H and O–H groups in total. The van der Waals surface area contributed by atoms with Crippen LogP contribution in [0.4, 0.5) is 4.79 Å². The number of carbonyl (C=O) groups excluding carboxylic acids is 1. The highest BCUT2D eigenvalue weighted by Crippen LogP contribution is 2.24. The number of hydrogen-bond acceptors (Lipinski definition) is 5. The van der Waals surface area contributed by atoms with Gasteiger partial charge in [0.2, 0.25) is 0 Å². The Morgan fingerprint density at radius 1 is 1.57 bits per heavy atom. The molecule has 1 amide bonds. The number of nitrogens with zero attached hydrogens (tertiary/aromatic N) is 2. The van der Waals surface area contributed by atoms with Crippen molar-refractivity contribution in [2.45, 2.75) is 71.6 Å². The lowest BCUT2D eigenvalue weighted by Gasteiger charge is -2.29. The molecule has 2 atom stereocenters. The molecule has 0 radical (unpaired) electrons. The average molecular weight is 340 g/mol. The molecule has 6 heteroatoms. The first-order valence-corrected chi connectivity index (χ1v) is 9.29. The molecular weight excluding hydrogens is 310 g/mol. The second-order valence-corrected chi connectivity index (χ2v) is 8.12. The molecule has 23 heavy (non-hydrogen) atoms. The highest BCUT2D eigenvalue weighted by Gasteiger charge is 2.31. The number of aryl methyl sites for hydroxylation is 1. The molecular formula is C17H29N3O2S. The van der Waals surface area contributed by atoms with Gasteiger partial charge >= 0.3 is 6.09 Å². The van der Waals surface area contributed by atoms with Gasteiger partial charge < -0.3 is 15.0 Å². The van der Waals surface area contributed by atoms with Gasteiger partial charge in [-0.25, -0.2) is 9.78 Å². The summed E-state index contributed by atoms with van der Waals surface area (Å²) in [6, 6.07) is 0.589. The van der Waals surface area contributed by atoms with Gasteiger partial charge in [0.1, 0.15) is 5.60 Å². The SMILES string of the molecule is Cc1ncsc1C(C)NCCC1CCCN1C(=O)OC(C)(C)C. The molecule has 0 aromatic carbocycles. The zero-order chi connectivity index (χ0) is 17.0. The molecule has 1 aliphatic heterocycles. The predicted octanol–water partition coefficient (Wildman–Crippen LogP) is 3.89. The summed E-state index contributed by atoms with van der Waals surface area (Å²) in [5, 5.41) is 3.55. The molecule has 1 aliphatic rings. The lowest BCUT2D eigenvalue weighted by molar-refractivity contribution is 0.0220. The first-order valence-electron chi connectivity index (χ1n) is 8.41. The van der Waals surface area contributed by atoms with Crippen LogP contribution in [0.5, 0.6) is 0 Å². The van der Waals surface area contributed by atoms with Crippen LogP contribution in [0, 0.1) is 6.92 Å². The molecule has 0 aliphatic carbocycles. The van der Waals surface area contributed by atoms with E-state index in [1.807, 2.05) is 38.1 Å². The minimum Gasteiger partial charge on any atom is -0.444 e. The first-order chi connectivity index (χ1) is 10.8. The van der Waals surface area contributed by atoms with Crippen LogP contribution in [0.25, 0.3) is 0 Å². The number of rotatable bonds is 5. The standard InChI is InChI=1S/C17H29N3O2S/c1-12(15-13(2)19-11-23-15)18-9-8-14-7-6-10-20(14)16(21)22-17(3,4)5/h11-12,14,18H,6-10H2,1-5H3. The number of nitrogens with one attached hydrogen (secondary N) is 1. The van der Waals surface area contributed by atoms with Crippen LogP contribution in [0.15, 0.2) is 5.51 Å². The third-order valence-electron chi connectivity index (χ3n) is 4.11. The Morgan fingerprint density at radius 3 is 2.91 bits per heavy atom. The van der Waals surface area contributed by atoms with Crippen molar-refractivity contribution in [2.75, 3.05) is 13.1 Å². The quantitative estimate of drug-likeness (QED) is 0.884. The Balaban J connectivity index is 1.80. The molecule has 0 saturated carbocycles. The Bertz CT molecular complexity index is 524. The zero-order valence-electron chi connectivity index (χ0n) is 14.9. The lowest BCUT2D eigenvalue weighted by atomic mass is 10.1. The van der Waals surface area contributed by atoms with E-state index in [0.717, 1.165) is 38.0 Å². The van der Waals surface area contributed by atoms with E-state index in [1.165, 1.54) is 4.88 Å². The number of amides is 1. The number of thiazole rings is 1. The van der Waals surface area contributed by atoms with E-state index in [-0.39, 0.29) is 12.1 Å². The Hall–Kier alpha value is -1.14. The molecule has 2 rings (SSSR count). The first kappa shape index (κ1) is 18.2. The third kappa shape index (κ3) is 5.18. The Kier molecular flexibility index (Phi) is 6.03. The van der Waals surface area contributed by atoms with Crippen LogP contribution in [0.3, 0.4) is 0 Å². The fourth-order valence-corrected chi connectivity index (χ4v) is 3.82. The summed E-state index contributed by atoms with van der Waals surface area (Å²) in [7, 11) is 0. The fraction of sp³-hybridized carbons (Fsp3) is 0.765. The van der Waals surface area contributed by atoms with Crippen LogP contribution in [-0.2, 0) is 4.74 Å². The smallest absolute Gasteiger partial charge is 0.410 e. The van der Waals surface area contributed by atoms with Gasteiger partial charge in [-0.15, -0.1) is 11.3 Å². The van der Waals surface area contributed by atoms with E-state index in [4.69, 9.17) is 4.74 Å². The van der Waals surface area contributed by atoms with Gasteiger partial charge in [0.05, 0.1) is 11.2 Å². The van der Waals surface area contributed by atoms with Crippen molar-refractivity contribution in [3.05, 3.63) is 16.1 Å². The highest BCUT2D eigenvalue weighted by atomic mass is 32.1. The van der Waals surface area contributed by atoms with E-state index in [1.54, 1.807) is 11.3 Å². The molecule has 5 nitrogen and oxygen atoms in total. The van der Waals surface area contributed by atoms with E-state index in [9.17, 15) is 4.79 Å². The summed E-state index contributed by atoms with van der Waals surface area (Å²) < 4.78 is 5.51. The van der Waals surface area contributed by atoms with Crippen molar-refractivity contribution in [3.63, 3.8) is 0 Å². The van der Waals surface area contributed by atoms with Crippen molar-refractivity contribution < 1.29 is 9.53 Å². The summed E-state index contributed by atoms with van der Waals surface area (Å²) in [4.78, 5) is 19.8. The Morgan fingerprint density at radius 2 is 2.30 bits per heavy atom. The number of aromatic nitrogens is 1. The van der Waals surface area contributed by atoms with Crippen LogP contribution >= 0.6 is 11.3 Å². The zero-order valence-corrected chi connectivity index (χ0v) is 15.7. The monoisotopic (exact) mass is 339 g/mol. The van der Waals surface area contributed by atoms with E-state index >= 15 is 0 Å². The maximum Gasteiger partial charge on any atom is 0.410 e. The molecule has 0 bridgehead atoms. The maximum atomic E-state index is 12.3. The lowest BCUT2D eigenvalue weighted by Crippen LogP contribution is -2.41. The van der Waals surface area contributed by atoms with Crippen LogP contribution in [0.1, 0.15) is 63.6 Å². The summed E-state index contributed by atoms with van der Waals surface area (Å²) in [6.45, 7) is 11.7. The summed E-state index contributed by atoms with van der Waals surface area (Å²) in [5.74, 6) is 0. The molecule has 130 valence electrons. The second kappa shape index (κ2) is 7.62. The van der Waals surface area contributed by atoms with Gasteiger partial charge in [-0.2, -0.15) is 0 Å². The van der Waals surface area contributed by atoms with E-state index < -0.39 is 5.60 Å².